The van der Waals surface area contributed by atoms with Crippen molar-refractivity contribution in [2.24, 2.45) is 5.92 Å². The van der Waals surface area contributed by atoms with Crippen LogP contribution in [0.5, 0.6) is 0 Å². The molecule has 1 nitrogen and oxygen atoms in total. The predicted octanol–water partition coefficient (Wildman–Crippen LogP) is 4.72. The van der Waals surface area contributed by atoms with E-state index in [1.54, 1.807) is 12.1 Å². The second kappa shape index (κ2) is 5.66. The first-order valence-corrected chi connectivity index (χ1v) is 6.22. The third kappa shape index (κ3) is 3.62. The van der Waals surface area contributed by atoms with Crippen LogP contribution in [0.4, 0.5) is 0 Å². The van der Waals surface area contributed by atoms with Crippen molar-refractivity contribution in [3.05, 3.63) is 33.3 Å². The van der Waals surface area contributed by atoms with Crippen molar-refractivity contribution in [1.29, 1.82) is 0 Å². The molecule has 0 N–H and O–H groups in total. The van der Waals surface area contributed by atoms with Gasteiger partial charge in [-0.15, -0.1) is 0 Å². The number of rotatable bonds is 4. The van der Waals surface area contributed by atoms with Gasteiger partial charge in [0.25, 0.3) is 0 Å². The molecule has 15 heavy (non-hydrogen) atoms. The summed E-state index contributed by atoms with van der Waals surface area (Å²) in [6.07, 6.45) is 1.94. The Kier molecular flexibility index (Phi) is 4.81. The average molecular weight is 290 g/mol. The van der Waals surface area contributed by atoms with Crippen LogP contribution in [-0.4, -0.2) is 5.78 Å². The highest BCUT2D eigenvalue weighted by atomic mass is 79.9. The van der Waals surface area contributed by atoms with Gasteiger partial charge < -0.3 is 0 Å². The van der Waals surface area contributed by atoms with Crippen LogP contribution in [0.25, 0.3) is 0 Å². The van der Waals surface area contributed by atoms with E-state index in [-0.39, 0.29) is 11.7 Å². The van der Waals surface area contributed by atoms with Gasteiger partial charge in [-0.05, 0) is 24.6 Å². The number of Topliss-reactive ketones (excluding diaryl/α,β-unsaturated/α-hetero) is 1. The zero-order valence-corrected chi connectivity index (χ0v) is 11.2. The highest BCUT2D eigenvalue weighted by Gasteiger charge is 2.14. The van der Waals surface area contributed by atoms with Gasteiger partial charge >= 0.3 is 0 Å². The molecule has 1 aromatic rings. The first kappa shape index (κ1) is 12.7. The van der Waals surface area contributed by atoms with Gasteiger partial charge in [0.15, 0.2) is 5.78 Å². The molecule has 1 aromatic carbocycles. The maximum absolute atomic E-state index is 12.0. The monoisotopic (exact) mass is 288 g/mol. The Morgan fingerprint density at radius 2 is 2.13 bits per heavy atom. The maximum Gasteiger partial charge on any atom is 0.165 e. The molecule has 82 valence electrons. The molecule has 0 bridgehead atoms. The fourth-order valence-electron chi connectivity index (χ4n) is 1.54. The number of hydrogen-bond donors (Lipinski definition) is 0. The van der Waals surface area contributed by atoms with E-state index >= 15 is 0 Å². The van der Waals surface area contributed by atoms with E-state index in [0.29, 0.717) is 10.6 Å². The molecule has 0 radical (unpaired) electrons. The van der Waals surface area contributed by atoms with Crippen molar-refractivity contribution < 1.29 is 4.79 Å². The molecule has 0 amide bonds. The van der Waals surface area contributed by atoms with Gasteiger partial charge in [-0.2, -0.15) is 0 Å². The summed E-state index contributed by atoms with van der Waals surface area (Å²) in [5, 5.41) is 0.594. The highest BCUT2D eigenvalue weighted by molar-refractivity contribution is 9.10. The van der Waals surface area contributed by atoms with E-state index in [2.05, 4.69) is 22.9 Å². The normalized spacial score (nSPS) is 12.5. The second-order valence-corrected chi connectivity index (χ2v) is 5.06. The molecule has 0 saturated heterocycles. The lowest BCUT2D eigenvalue weighted by Crippen LogP contribution is -2.10. The standard InChI is InChI=1S/C12H14BrClO/c1-3-4-8(2)12(15)9-5-10(13)7-11(14)6-9/h5-8H,3-4H2,1-2H3. The summed E-state index contributed by atoms with van der Waals surface area (Å²) in [5.41, 5.74) is 0.690. The second-order valence-electron chi connectivity index (χ2n) is 3.71. The van der Waals surface area contributed by atoms with Crippen LogP contribution < -0.4 is 0 Å². The molecule has 1 atom stereocenters. The molecule has 0 aromatic heterocycles. The smallest absolute Gasteiger partial charge is 0.165 e. The third-order valence-corrected chi connectivity index (χ3v) is 2.99. The number of ketones is 1. The Morgan fingerprint density at radius 3 is 2.67 bits per heavy atom. The topological polar surface area (TPSA) is 17.1 Å². The number of halogens is 2. The summed E-state index contributed by atoms with van der Waals surface area (Å²) >= 11 is 9.23. The van der Waals surface area contributed by atoms with Crippen LogP contribution in [-0.2, 0) is 0 Å². The first-order chi connectivity index (χ1) is 7.04. The third-order valence-electron chi connectivity index (χ3n) is 2.32. The maximum atomic E-state index is 12.0. The molecule has 0 aliphatic heterocycles. The predicted molar refractivity (Wildman–Crippen MR) is 67.6 cm³/mol. The number of carbonyl (C=O) groups excluding carboxylic acids is 1. The van der Waals surface area contributed by atoms with Crippen molar-refractivity contribution in [2.75, 3.05) is 0 Å². The van der Waals surface area contributed by atoms with Gasteiger partial charge in [0, 0.05) is 21.0 Å². The van der Waals surface area contributed by atoms with E-state index < -0.39 is 0 Å². The molecule has 0 aliphatic rings. The highest BCUT2D eigenvalue weighted by Crippen LogP contribution is 2.22. The fraction of sp³-hybridized carbons (Fsp3) is 0.417. The quantitative estimate of drug-likeness (QED) is 0.733. The van der Waals surface area contributed by atoms with Gasteiger partial charge in [-0.3, -0.25) is 4.79 Å². The van der Waals surface area contributed by atoms with Crippen molar-refractivity contribution in [3.8, 4) is 0 Å². The van der Waals surface area contributed by atoms with E-state index in [1.165, 1.54) is 0 Å². The molecule has 0 spiro atoms. The summed E-state index contributed by atoms with van der Waals surface area (Å²) in [5.74, 6) is 0.236. The average Bonchev–Trinajstić information content (AvgIpc) is 2.15. The van der Waals surface area contributed by atoms with Crippen molar-refractivity contribution in [3.63, 3.8) is 0 Å². The minimum absolute atomic E-state index is 0.0698. The minimum Gasteiger partial charge on any atom is -0.294 e. The largest absolute Gasteiger partial charge is 0.294 e. The van der Waals surface area contributed by atoms with Gasteiger partial charge in [-0.1, -0.05) is 47.8 Å². The summed E-state index contributed by atoms with van der Waals surface area (Å²) in [7, 11) is 0. The first-order valence-electron chi connectivity index (χ1n) is 5.05. The Morgan fingerprint density at radius 1 is 1.47 bits per heavy atom. The van der Waals surface area contributed by atoms with Gasteiger partial charge in [0.2, 0.25) is 0 Å². The Bertz CT molecular complexity index is 342. The van der Waals surface area contributed by atoms with Gasteiger partial charge in [0.05, 0.1) is 0 Å². The van der Waals surface area contributed by atoms with Crippen LogP contribution in [0.15, 0.2) is 22.7 Å². The summed E-state index contributed by atoms with van der Waals surface area (Å²) in [4.78, 5) is 12.0. The molecular formula is C12H14BrClO. The van der Waals surface area contributed by atoms with Crippen LogP contribution in [0, 0.1) is 5.92 Å². The van der Waals surface area contributed by atoms with Gasteiger partial charge in [0.1, 0.15) is 0 Å². The van der Waals surface area contributed by atoms with Crippen molar-refractivity contribution in [2.45, 2.75) is 26.7 Å². The molecule has 0 saturated carbocycles. The lowest BCUT2D eigenvalue weighted by molar-refractivity contribution is 0.0923. The van der Waals surface area contributed by atoms with Crippen molar-refractivity contribution >= 4 is 33.3 Å². The zero-order chi connectivity index (χ0) is 11.4. The molecular weight excluding hydrogens is 275 g/mol. The van der Waals surface area contributed by atoms with E-state index in [0.717, 1.165) is 17.3 Å². The lowest BCUT2D eigenvalue weighted by Gasteiger charge is -2.09. The molecule has 0 aliphatic carbocycles. The molecule has 3 heteroatoms. The molecule has 1 rings (SSSR count). The number of carbonyl (C=O) groups is 1. The van der Waals surface area contributed by atoms with Crippen molar-refractivity contribution in [1.82, 2.24) is 0 Å². The van der Waals surface area contributed by atoms with Crippen LogP contribution in [0.3, 0.4) is 0 Å². The van der Waals surface area contributed by atoms with E-state index in [4.69, 9.17) is 11.6 Å². The SMILES string of the molecule is CCCC(C)C(=O)c1cc(Cl)cc(Br)c1. The summed E-state index contributed by atoms with van der Waals surface area (Å²) < 4.78 is 0.849. The van der Waals surface area contributed by atoms with E-state index in [9.17, 15) is 4.79 Å². The Hall–Kier alpha value is -0.340. The Labute approximate surface area is 104 Å². The summed E-state index contributed by atoms with van der Waals surface area (Å²) in [6, 6.07) is 5.32. The molecule has 0 heterocycles. The zero-order valence-electron chi connectivity index (χ0n) is 8.89. The fourth-order valence-corrected chi connectivity index (χ4v) is 2.40. The van der Waals surface area contributed by atoms with Crippen LogP contribution in [0.1, 0.15) is 37.0 Å². The van der Waals surface area contributed by atoms with Crippen LogP contribution in [0.2, 0.25) is 5.02 Å². The molecule has 1 unspecified atom stereocenters. The lowest BCUT2D eigenvalue weighted by atomic mass is 9.95. The van der Waals surface area contributed by atoms with E-state index in [1.807, 2.05) is 13.0 Å². The molecule has 0 fully saturated rings. The van der Waals surface area contributed by atoms with Gasteiger partial charge in [-0.25, -0.2) is 0 Å². The number of benzene rings is 1. The Balaban J connectivity index is 2.90. The van der Waals surface area contributed by atoms with Crippen LogP contribution >= 0.6 is 27.5 Å². The summed E-state index contributed by atoms with van der Waals surface area (Å²) in [6.45, 7) is 4.04. The minimum atomic E-state index is 0.0698. The number of hydrogen-bond acceptors (Lipinski definition) is 1.